The van der Waals surface area contributed by atoms with Crippen molar-refractivity contribution in [2.75, 3.05) is 14.1 Å². The number of nitrogens with zero attached hydrogens (tertiary/aromatic N) is 1. The second-order valence-corrected chi connectivity index (χ2v) is 4.84. The van der Waals surface area contributed by atoms with Crippen molar-refractivity contribution in [3.05, 3.63) is 52.0 Å². The van der Waals surface area contributed by atoms with Crippen molar-refractivity contribution in [1.82, 2.24) is 4.90 Å². The van der Waals surface area contributed by atoms with Crippen molar-refractivity contribution in [2.45, 2.75) is 6.04 Å². The molecule has 0 aliphatic heterocycles. The van der Waals surface area contributed by atoms with E-state index in [1.54, 1.807) is 0 Å². The van der Waals surface area contributed by atoms with Gasteiger partial charge in [0.05, 0.1) is 6.04 Å². The van der Waals surface area contributed by atoms with Gasteiger partial charge in [-0.15, -0.1) is 0 Å². The molecule has 2 heteroatoms. The fourth-order valence-electron chi connectivity index (χ4n) is 1.82. The van der Waals surface area contributed by atoms with E-state index in [-0.39, 0.29) is 0 Å². The van der Waals surface area contributed by atoms with Gasteiger partial charge in [-0.05, 0) is 37.4 Å². The molecule has 0 radical (unpaired) electrons. The molecule has 1 nitrogen and oxygen atoms in total. The van der Waals surface area contributed by atoms with E-state index in [4.69, 9.17) is 0 Å². The third-order valence-corrected chi connectivity index (χ3v) is 3.14. The molecular formula is C13H14BrN. The number of halogens is 1. The molecule has 1 aromatic carbocycles. The predicted molar refractivity (Wildman–Crippen MR) is 68.9 cm³/mol. The first-order chi connectivity index (χ1) is 7.18. The lowest BCUT2D eigenvalue weighted by Crippen LogP contribution is -2.18. The van der Waals surface area contributed by atoms with Gasteiger partial charge < -0.3 is 0 Å². The molecular weight excluding hydrogens is 250 g/mol. The summed E-state index contributed by atoms with van der Waals surface area (Å²) >= 11 is 3.55. The van der Waals surface area contributed by atoms with Crippen LogP contribution in [0, 0.1) is 0 Å². The minimum Gasteiger partial charge on any atom is -0.299 e. The SMILES string of the molecule is CN(C)C1C=C(Br)C=Cc2ccccc21. The van der Waals surface area contributed by atoms with Gasteiger partial charge in [0.1, 0.15) is 0 Å². The largest absolute Gasteiger partial charge is 0.299 e. The lowest BCUT2D eigenvalue weighted by Gasteiger charge is -2.22. The molecule has 0 saturated carbocycles. The van der Waals surface area contributed by atoms with Crippen molar-refractivity contribution in [1.29, 1.82) is 0 Å². The molecule has 0 saturated heterocycles. The lowest BCUT2D eigenvalue weighted by atomic mass is 10.0. The van der Waals surface area contributed by atoms with Gasteiger partial charge in [0.15, 0.2) is 0 Å². The van der Waals surface area contributed by atoms with E-state index in [1.807, 2.05) is 0 Å². The van der Waals surface area contributed by atoms with Crippen LogP contribution < -0.4 is 0 Å². The Hall–Kier alpha value is -0.860. The first-order valence-electron chi connectivity index (χ1n) is 4.99. The fourth-order valence-corrected chi connectivity index (χ4v) is 2.21. The Morgan fingerprint density at radius 1 is 1.13 bits per heavy atom. The van der Waals surface area contributed by atoms with Crippen LogP contribution in [0.4, 0.5) is 0 Å². The summed E-state index contributed by atoms with van der Waals surface area (Å²) in [6.45, 7) is 0. The van der Waals surface area contributed by atoms with Crippen LogP contribution in [0.3, 0.4) is 0 Å². The van der Waals surface area contributed by atoms with Gasteiger partial charge in [0, 0.05) is 4.48 Å². The number of rotatable bonds is 1. The average Bonchev–Trinajstić information content (AvgIpc) is 2.39. The Morgan fingerprint density at radius 3 is 2.60 bits per heavy atom. The van der Waals surface area contributed by atoms with Crippen LogP contribution in [0.15, 0.2) is 40.9 Å². The summed E-state index contributed by atoms with van der Waals surface area (Å²) in [6.07, 6.45) is 6.48. The van der Waals surface area contributed by atoms with Crippen molar-refractivity contribution < 1.29 is 0 Å². The third-order valence-electron chi connectivity index (χ3n) is 2.61. The molecule has 1 unspecified atom stereocenters. The lowest BCUT2D eigenvalue weighted by molar-refractivity contribution is 0.351. The summed E-state index contributed by atoms with van der Waals surface area (Å²) in [6, 6.07) is 8.85. The van der Waals surface area contributed by atoms with Crippen LogP contribution in [-0.2, 0) is 0 Å². The molecule has 1 aromatic rings. The van der Waals surface area contributed by atoms with Gasteiger partial charge in [-0.2, -0.15) is 0 Å². The summed E-state index contributed by atoms with van der Waals surface area (Å²) in [5, 5.41) is 0. The number of hydrogen-bond acceptors (Lipinski definition) is 1. The number of benzene rings is 1. The summed E-state index contributed by atoms with van der Waals surface area (Å²) in [5.74, 6) is 0. The third kappa shape index (κ3) is 2.21. The molecule has 0 heterocycles. The Bertz CT molecular complexity index is 418. The molecule has 1 aliphatic carbocycles. The maximum Gasteiger partial charge on any atom is 0.0546 e. The zero-order valence-electron chi connectivity index (χ0n) is 8.94. The highest BCUT2D eigenvalue weighted by Crippen LogP contribution is 2.30. The van der Waals surface area contributed by atoms with Crippen LogP contribution >= 0.6 is 15.9 Å². The molecule has 0 aromatic heterocycles. The first kappa shape index (κ1) is 10.7. The van der Waals surface area contributed by atoms with E-state index in [0.717, 1.165) is 4.48 Å². The molecule has 0 bridgehead atoms. The second kappa shape index (κ2) is 4.33. The second-order valence-electron chi connectivity index (χ2n) is 3.92. The van der Waals surface area contributed by atoms with E-state index in [9.17, 15) is 0 Å². The van der Waals surface area contributed by atoms with Gasteiger partial charge in [0.2, 0.25) is 0 Å². The summed E-state index contributed by atoms with van der Waals surface area (Å²) < 4.78 is 1.14. The van der Waals surface area contributed by atoms with Gasteiger partial charge >= 0.3 is 0 Å². The zero-order valence-corrected chi connectivity index (χ0v) is 10.5. The van der Waals surface area contributed by atoms with E-state index in [0.29, 0.717) is 6.04 Å². The standard InChI is InChI=1S/C13H14BrN/c1-15(2)13-9-11(14)8-7-10-5-3-4-6-12(10)13/h3-9,13H,1-2H3. The fraction of sp³-hybridized carbons (Fsp3) is 0.231. The summed E-state index contributed by atoms with van der Waals surface area (Å²) in [5.41, 5.74) is 2.65. The highest BCUT2D eigenvalue weighted by atomic mass is 79.9. The molecule has 0 N–H and O–H groups in total. The smallest absolute Gasteiger partial charge is 0.0546 e. The van der Waals surface area contributed by atoms with Crippen molar-refractivity contribution >= 4 is 22.0 Å². The van der Waals surface area contributed by atoms with Crippen molar-refractivity contribution in [3.63, 3.8) is 0 Å². The quantitative estimate of drug-likeness (QED) is 0.749. The molecule has 15 heavy (non-hydrogen) atoms. The molecule has 2 rings (SSSR count). The summed E-state index contributed by atoms with van der Waals surface area (Å²) in [4.78, 5) is 2.22. The van der Waals surface area contributed by atoms with E-state index >= 15 is 0 Å². The van der Waals surface area contributed by atoms with Gasteiger partial charge in [-0.25, -0.2) is 0 Å². The number of fused-ring (bicyclic) bond motifs is 1. The molecule has 1 atom stereocenters. The highest BCUT2D eigenvalue weighted by Gasteiger charge is 2.15. The van der Waals surface area contributed by atoms with Crippen LogP contribution in [0.1, 0.15) is 17.2 Å². The molecule has 1 aliphatic rings. The van der Waals surface area contributed by atoms with Gasteiger partial charge in [-0.1, -0.05) is 46.3 Å². The zero-order chi connectivity index (χ0) is 10.8. The van der Waals surface area contributed by atoms with E-state index < -0.39 is 0 Å². The first-order valence-corrected chi connectivity index (χ1v) is 5.78. The van der Waals surface area contributed by atoms with Gasteiger partial charge in [-0.3, -0.25) is 4.90 Å². The van der Waals surface area contributed by atoms with Crippen molar-refractivity contribution in [2.24, 2.45) is 0 Å². The van der Waals surface area contributed by atoms with E-state index in [2.05, 4.69) is 77.4 Å². The van der Waals surface area contributed by atoms with Crippen LogP contribution in [-0.4, -0.2) is 19.0 Å². The average molecular weight is 264 g/mol. The minimum absolute atomic E-state index is 0.338. The van der Waals surface area contributed by atoms with Crippen LogP contribution in [0.5, 0.6) is 0 Å². The van der Waals surface area contributed by atoms with E-state index in [1.165, 1.54) is 11.1 Å². The molecule has 0 spiro atoms. The maximum atomic E-state index is 3.55. The highest BCUT2D eigenvalue weighted by molar-refractivity contribution is 9.11. The summed E-state index contributed by atoms with van der Waals surface area (Å²) in [7, 11) is 4.20. The molecule has 78 valence electrons. The molecule has 0 amide bonds. The number of allylic oxidation sites excluding steroid dienone is 2. The normalized spacial score (nSPS) is 19.7. The van der Waals surface area contributed by atoms with Crippen LogP contribution in [0.2, 0.25) is 0 Å². The van der Waals surface area contributed by atoms with Gasteiger partial charge in [0.25, 0.3) is 0 Å². The van der Waals surface area contributed by atoms with Crippen molar-refractivity contribution in [3.8, 4) is 0 Å². The monoisotopic (exact) mass is 263 g/mol. The Morgan fingerprint density at radius 2 is 1.87 bits per heavy atom. The van der Waals surface area contributed by atoms with Crippen LogP contribution in [0.25, 0.3) is 6.08 Å². The topological polar surface area (TPSA) is 3.24 Å². The number of hydrogen-bond donors (Lipinski definition) is 0. The Labute approximate surface area is 99.2 Å². The Balaban J connectivity index is 2.54. The minimum atomic E-state index is 0.338. The Kier molecular flexibility index (Phi) is 3.08. The maximum absolute atomic E-state index is 3.55. The molecule has 0 fully saturated rings. The predicted octanol–water partition coefficient (Wildman–Crippen LogP) is 3.59. The number of likely N-dealkylation sites (N-methyl/N-ethyl adjacent to an activating group) is 1.